The molecule has 5 nitrogen and oxygen atoms in total. The SMILES string of the molecule is c1ccc([C@@H]2CN(CC3CC3)Cc3cnc(Nc4cccnc4)nc32)cc1. The van der Waals surface area contributed by atoms with Crippen molar-refractivity contribution in [3.05, 3.63) is 77.9 Å². The van der Waals surface area contributed by atoms with E-state index in [1.165, 1.54) is 30.5 Å². The van der Waals surface area contributed by atoms with Crippen LogP contribution in [0.3, 0.4) is 0 Å². The molecule has 0 saturated heterocycles. The smallest absolute Gasteiger partial charge is 0.227 e. The summed E-state index contributed by atoms with van der Waals surface area (Å²) in [6.07, 6.45) is 8.30. The molecule has 0 unspecified atom stereocenters. The first-order valence-electron chi connectivity index (χ1n) is 9.65. The number of nitrogens with one attached hydrogen (secondary N) is 1. The summed E-state index contributed by atoms with van der Waals surface area (Å²) in [5.74, 6) is 1.81. The third-order valence-corrected chi connectivity index (χ3v) is 5.40. The monoisotopic (exact) mass is 357 g/mol. The maximum Gasteiger partial charge on any atom is 0.227 e. The van der Waals surface area contributed by atoms with Gasteiger partial charge >= 0.3 is 0 Å². The van der Waals surface area contributed by atoms with Crippen LogP contribution in [0.4, 0.5) is 11.6 Å². The zero-order valence-electron chi connectivity index (χ0n) is 15.3. The Morgan fingerprint density at radius 3 is 2.70 bits per heavy atom. The first kappa shape index (κ1) is 16.4. The van der Waals surface area contributed by atoms with E-state index in [1.807, 2.05) is 18.3 Å². The van der Waals surface area contributed by atoms with Crippen LogP contribution in [-0.2, 0) is 6.54 Å². The van der Waals surface area contributed by atoms with Gasteiger partial charge in [-0.25, -0.2) is 9.97 Å². The fourth-order valence-corrected chi connectivity index (χ4v) is 3.87. The van der Waals surface area contributed by atoms with Gasteiger partial charge in [0.25, 0.3) is 0 Å². The summed E-state index contributed by atoms with van der Waals surface area (Å²) < 4.78 is 0. The van der Waals surface area contributed by atoms with E-state index in [0.29, 0.717) is 5.95 Å². The summed E-state index contributed by atoms with van der Waals surface area (Å²) in [6, 6.07) is 14.6. The molecule has 1 atom stereocenters. The highest BCUT2D eigenvalue weighted by atomic mass is 15.2. The number of benzene rings is 1. The first-order valence-corrected chi connectivity index (χ1v) is 9.65. The van der Waals surface area contributed by atoms with Crippen molar-refractivity contribution in [1.82, 2.24) is 19.9 Å². The van der Waals surface area contributed by atoms with Crippen LogP contribution < -0.4 is 5.32 Å². The number of aromatic nitrogens is 3. The van der Waals surface area contributed by atoms with Crippen molar-refractivity contribution in [2.24, 2.45) is 5.92 Å². The summed E-state index contributed by atoms with van der Waals surface area (Å²) in [7, 11) is 0. The van der Waals surface area contributed by atoms with Gasteiger partial charge in [0.05, 0.1) is 17.6 Å². The van der Waals surface area contributed by atoms with Crippen LogP contribution in [0, 0.1) is 5.92 Å². The molecule has 0 spiro atoms. The van der Waals surface area contributed by atoms with E-state index in [9.17, 15) is 0 Å². The van der Waals surface area contributed by atoms with E-state index in [0.717, 1.165) is 30.4 Å². The molecule has 1 aromatic carbocycles. The average molecular weight is 357 g/mol. The molecule has 3 aromatic rings. The number of hydrogen-bond donors (Lipinski definition) is 1. The average Bonchev–Trinajstić information content (AvgIpc) is 3.53. The molecule has 2 aliphatic rings. The predicted octanol–water partition coefficient (Wildman–Crippen LogP) is 3.97. The molecule has 5 heteroatoms. The molecular formula is C22H23N5. The lowest BCUT2D eigenvalue weighted by Crippen LogP contribution is -2.36. The molecule has 0 radical (unpaired) electrons. The summed E-state index contributed by atoms with van der Waals surface area (Å²) in [5.41, 5.74) is 4.62. The molecular weight excluding hydrogens is 334 g/mol. The highest BCUT2D eigenvalue weighted by Crippen LogP contribution is 2.36. The molecule has 0 amide bonds. The van der Waals surface area contributed by atoms with Crippen molar-refractivity contribution < 1.29 is 0 Å². The van der Waals surface area contributed by atoms with E-state index in [-0.39, 0.29) is 5.92 Å². The number of fused-ring (bicyclic) bond motifs is 1. The molecule has 2 aromatic heterocycles. The van der Waals surface area contributed by atoms with Crippen LogP contribution in [0.1, 0.15) is 35.6 Å². The summed E-state index contributed by atoms with van der Waals surface area (Å²) >= 11 is 0. The zero-order chi connectivity index (χ0) is 18.1. The molecule has 136 valence electrons. The Kier molecular flexibility index (Phi) is 4.30. The predicted molar refractivity (Wildman–Crippen MR) is 106 cm³/mol. The molecule has 0 bridgehead atoms. The third kappa shape index (κ3) is 3.69. The Bertz CT molecular complexity index is 909. The maximum absolute atomic E-state index is 4.92. The highest BCUT2D eigenvalue weighted by molar-refractivity contribution is 5.52. The molecule has 1 aliphatic carbocycles. The quantitative estimate of drug-likeness (QED) is 0.749. The Balaban J connectivity index is 1.48. The Labute approximate surface area is 159 Å². The van der Waals surface area contributed by atoms with Crippen molar-refractivity contribution in [3.63, 3.8) is 0 Å². The van der Waals surface area contributed by atoms with E-state index in [1.54, 1.807) is 12.4 Å². The van der Waals surface area contributed by atoms with Crippen molar-refractivity contribution >= 4 is 11.6 Å². The van der Waals surface area contributed by atoms with Crippen molar-refractivity contribution in [3.8, 4) is 0 Å². The Hall–Kier alpha value is -2.79. The van der Waals surface area contributed by atoms with Gasteiger partial charge in [-0.15, -0.1) is 0 Å². The fourth-order valence-electron chi connectivity index (χ4n) is 3.87. The van der Waals surface area contributed by atoms with Crippen molar-refractivity contribution in [2.45, 2.75) is 25.3 Å². The second kappa shape index (κ2) is 7.08. The molecule has 27 heavy (non-hydrogen) atoms. The normalized spacial score (nSPS) is 19.5. The number of hydrogen-bond acceptors (Lipinski definition) is 5. The van der Waals surface area contributed by atoms with Crippen LogP contribution in [0.5, 0.6) is 0 Å². The van der Waals surface area contributed by atoms with Gasteiger partial charge in [-0.2, -0.15) is 0 Å². The number of rotatable bonds is 5. The van der Waals surface area contributed by atoms with Gasteiger partial charge in [-0.3, -0.25) is 9.88 Å². The lowest BCUT2D eigenvalue weighted by atomic mass is 9.89. The maximum atomic E-state index is 4.92. The van der Waals surface area contributed by atoms with E-state index in [4.69, 9.17) is 4.98 Å². The Morgan fingerprint density at radius 2 is 1.93 bits per heavy atom. The molecule has 1 N–H and O–H groups in total. The van der Waals surface area contributed by atoms with E-state index < -0.39 is 0 Å². The number of nitrogens with zero attached hydrogens (tertiary/aromatic N) is 4. The molecule has 5 rings (SSSR count). The second-order valence-corrected chi connectivity index (χ2v) is 7.57. The van der Waals surface area contributed by atoms with E-state index in [2.05, 4.69) is 50.5 Å². The van der Waals surface area contributed by atoms with Gasteiger partial charge in [-0.05, 0) is 36.5 Å². The lowest BCUT2D eigenvalue weighted by molar-refractivity contribution is 0.228. The van der Waals surface area contributed by atoms with Crippen LogP contribution in [-0.4, -0.2) is 32.9 Å². The van der Waals surface area contributed by atoms with Crippen LogP contribution in [0.25, 0.3) is 0 Å². The van der Waals surface area contributed by atoms with Gasteiger partial charge in [-0.1, -0.05) is 30.3 Å². The van der Waals surface area contributed by atoms with Gasteiger partial charge in [0.15, 0.2) is 0 Å². The third-order valence-electron chi connectivity index (χ3n) is 5.40. The topological polar surface area (TPSA) is 53.9 Å². The highest BCUT2D eigenvalue weighted by Gasteiger charge is 2.32. The zero-order valence-corrected chi connectivity index (χ0v) is 15.3. The van der Waals surface area contributed by atoms with Crippen LogP contribution in [0.15, 0.2) is 61.1 Å². The van der Waals surface area contributed by atoms with Crippen LogP contribution in [0.2, 0.25) is 0 Å². The van der Waals surface area contributed by atoms with Gasteiger partial charge in [0, 0.05) is 43.5 Å². The summed E-state index contributed by atoms with van der Waals surface area (Å²) in [6.45, 7) is 3.16. The van der Waals surface area contributed by atoms with E-state index >= 15 is 0 Å². The molecule has 1 aliphatic heterocycles. The number of anilines is 2. The number of pyridine rings is 1. The molecule has 1 saturated carbocycles. The fraction of sp³-hybridized carbons (Fsp3) is 0.318. The minimum Gasteiger partial charge on any atom is -0.323 e. The van der Waals surface area contributed by atoms with Gasteiger partial charge in [0.1, 0.15) is 0 Å². The minimum absolute atomic E-state index is 0.283. The standard InChI is InChI=1S/C22H23N5/c1-2-5-17(6-3-1)20-15-27(13-16-8-9-16)14-18-11-24-22(26-21(18)20)25-19-7-4-10-23-12-19/h1-7,10-12,16,20H,8-9,13-15H2,(H,24,25,26)/t20-/m0/s1. The van der Waals surface area contributed by atoms with Gasteiger partial charge in [0.2, 0.25) is 5.95 Å². The summed E-state index contributed by atoms with van der Waals surface area (Å²) in [4.78, 5) is 16.2. The lowest BCUT2D eigenvalue weighted by Gasteiger charge is -2.34. The minimum atomic E-state index is 0.283. The van der Waals surface area contributed by atoms with Gasteiger partial charge < -0.3 is 5.32 Å². The molecule has 3 heterocycles. The Morgan fingerprint density at radius 1 is 1.04 bits per heavy atom. The first-order chi connectivity index (χ1) is 13.3. The van der Waals surface area contributed by atoms with Crippen LogP contribution >= 0.6 is 0 Å². The van der Waals surface area contributed by atoms with Crippen molar-refractivity contribution in [2.75, 3.05) is 18.4 Å². The van der Waals surface area contributed by atoms with Crippen molar-refractivity contribution in [1.29, 1.82) is 0 Å². The second-order valence-electron chi connectivity index (χ2n) is 7.57. The summed E-state index contributed by atoms with van der Waals surface area (Å²) in [5, 5.41) is 3.28. The molecule has 1 fully saturated rings. The largest absolute Gasteiger partial charge is 0.323 e.